The lowest BCUT2D eigenvalue weighted by molar-refractivity contribution is -0.111. The molecule has 2 heterocycles. The molecule has 1 N–H and O–H groups in total. The molecule has 0 aliphatic carbocycles. The van der Waals surface area contributed by atoms with Gasteiger partial charge in [-0.3, -0.25) is 4.79 Å². The highest BCUT2D eigenvalue weighted by molar-refractivity contribution is 6.02. The number of aromatic nitrogens is 1. The lowest BCUT2D eigenvalue weighted by atomic mass is 10.0. The minimum Gasteiger partial charge on any atom is -0.465 e. The quantitative estimate of drug-likeness (QED) is 0.445. The molecule has 1 amide bonds. The zero-order valence-electron chi connectivity index (χ0n) is 15.7. The first-order valence-corrected chi connectivity index (χ1v) is 9.12. The van der Waals surface area contributed by atoms with Crippen LogP contribution in [0.1, 0.15) is 31.1 Å². The number of anilines is 1. The number of carbonyl (C=O) groups excluding carboxylic acids is 1. The summed E-state index contributed by atoms with van der Waals surface area (Å²) in [5.41, 5.74) is 4.26. The third kappa shape index (κ3) is 3.88. The first-order chi connectivity index (χ1) is 13.6. The highest BCUT2D eigenvalue weighted by atomic mass is 16.3. The number of hydrogen-bond donors (Lipinski definition) is 1. The van der Waals surface area contributed by atoms with Crippen molar-refractivity contribution in [1.29, 1.82) is 0 Å². The van der Waals surface area contributed by atoms with E-state index in [4.69, 9.17) is 8.83 Å². The van der Waals surface area contributed by atoms with Crippen molar-refractivity contribution in [1.82, 2.24) is 4.98 Å². The van der Waals surface area contributed by atoms with Crippen molar-refractivity contribution in [2.24, 2.45) is 0 Å². The molecule has 0 aliphatic heterocycles. The van der Waals surface area contributed by atoms with Crippen molar-refractivity contribution in [3.05, 3.63) is 78.3 Å². The summed E-state index contributed by atoms with van der Waals surface area (Å²) in [5.74, 6) is 1.33. The van der Waals surface area contributed by atoms with Gasteiger partial charge in [0.15, 0.2) is 5.58 Å². The molecular formula is C23H20N2O3. The molecule has 0 atom stereocenters. The van der Waals surface area contributed by atoms with Crippen molar-refractivity contribution >= 4 is 28.8 Å². The van der Waals surface area contributed by atoms with E-state index in [0.717, 1.165) is 16.7 Å². The summed E-state index contributed by atoms with van der Waals surface area (Å²) < 4.78 is 11.1. The normalized spacial score (nSPS) is 11.5. The van der Waals surface area contributed by atoms with E-state index in [9.17, 15) is 4.79 Å². The molecule has 0 radical (unpaired) electrons. The van der Waals surface area contributed by atoms with Crippen LogP contribution in [0.15, 0.2) is 75.8 Å². The highest BCUT2D eigenvalue weighted by Gasteiger charge is 2.11. The van der Waals surface area contributed by atoms with Gasteiger partial charge in [0.2, 0.25) is 11.8 Å². The number of fused-ring (bicyclic) bond motifs is 1. The van der Waals surface area contributed by atoms with Gasteiger partial charge in [-0.2, -0.15) is 0 Å². The minimum atomic E-state index is -0.243. The number of hydrogen-bond acceptors (Lipinski definition) is 4. The van der Waals surface area contributed by atoms with E-state index in [2.05, 4.69) is 36.3 Å². The van der Waals surface area contributed by atoms with Crippen LogP contribution in [0.25, 0.3) is 28.6 Å². The lowest BCUT2D eigenvalue weighted by Gasteiger charge is -2.03. The van der Waals surface area contributed by atoms with Gasteiger partial charge < -0.3 is 14.2 Å². The molecule has 4 rings (SSSR count). The molecular weight excluding hydrogens is 352 g/mol. The van der Waals surface area contributed by atoms with Crippen molar-refractivity contribution in [2.75, 3.05) is 5.32 Å². The maximum Gasteiger partial charge on any atom is 0.248 e. The molecule has 5 nitrogen and oxygen atoms in total. The molecule has 2 aromatic heterocycles. The number of rotatable bonds is 5. The summed E-state index contributed by atoms with van der Waals surface area (Å²) >= 11 is 0. The second-order valence-corrected chi connectivity index (χ2v) is 6.82. The zero-order chi connectivity index (χ0) is 19.5. The zero-order valence-corrected chi connectivity index (χ0v) is 15.7. The van der Waals surface area contributed by atoms with E-state index >= 15 is 0 Å². The maximum atomic E-state index is 12.1. The van der Waals surface area contributed by atoms with E-state index < -0.39 is 0 Å². The summed E-state index contributed by atoms with van der Waals surface area (Å²) in [7, 11) is 0. The van der Waals surface area contributed by atoms with Crippen molar-refractivity contribution < 1.29 is 13.6 Å². The number of benzene rings is 2. The standard InChI is InChI=1S/C23H20N2O3/c1-15(2)16-8-10-21-20(14-16)25-23(28-21)17-5-3-6-18(13-17)24-22(26)11-9-19-7-4-12-27-19/h3-15H,1-2H3,(H,24,26)/b11-9+. The molecule has 2 aromatic carbocycles. The Morgan fingerprint density at radius 1 is 1.11 bits per heavy atom. The van der Waals surface area contributed by atoms with Crippen LogP contribution in [0.4, 0.5) is 5.69 Å². The SMILES string of the molecule is CC(C)c1ccc2oc(-c3cccc(NC(=O)/C=C/c4ccco4)c3)nc2c1. The third-order valence-corrected chi connectivity index (χ3v) is 4.40. The summed E-state index contributed by atoms with van der Waals surface area (Å²) in [6, 6.07) is 17.0. The average molecular weight is 372 g/mol. The van der Waals surface area contributed by atoms with Gasteiger partial charge in [-0.05, 0) is 60.0 Å². The fourth-order valence-electron chi connectivity index (χ4n) is 2.88. The third-order valence-electron chi connectivity index (χ3n) is 4.40. The molecule has 0 spiro atoms. The Balaban J connectivity index is 1.55. The first kappa shape index (κ1) is 17.8. The van der Waals surface area contributed by atoms with E-state index in [1.165, 1.54) is 11.6 Å². The number of furan rings is 1. The van der Waals surface area contributed by atoms with E-state index in [-0.39, 0.29) is 5.91 Å². The predicted molar refractivity (Wildman–Crippen MR) is 110 cm³/mol. The van der Waals surface area contributed by atoms with Crippen LogP contribution >= 0.6 is 0 Å². The molecule has 0 bridgehead atoms. The van der Waals surface area contributed by atoms with E-state index in [1.807, 2.05) is 30.3 Å². The topological polar surface area (TPSA) is 68.3 Å². The van der Waals surface area contributed by atoms with Gasteiger partial charge >= 0.3 is 0 Å². The van der Waals surface area contributed by atoms with Gasteiger partial charge in [0.1, 0.15) is 11.3 Å². The monoisotopic (exact) mass is 372 g/mol. The molecule has 0 saturated carbocycles. The summed E-state index contributed by atoms with van der Waals surface area (Å²) in [4.78, 5) is 16.7. The van der Waals surface area contributed by atoms with Crippen molar-refractivity contribution in [3.8, 4) is 11.5 Å². The Labute approximate surface area is 162 Å². The number of oxazole rings is 1. The summed E-state index contributed by atoms with van der Waals surface area (Å²) in [6.45, 7) is 4.29. The van der Waals surface area contributed by atoms with Crippen LogP contribution in [0.2, 0.25) is 0 Å². The summed E-state index contributed by atoms with van der Waals surface area (Å²) in [5, 5.41) is 2.84. The van der Waals surface area contributed by atoms with Crippen LogP contribution in [0.5, 0.6) is 0 Å². The number of nitrogens with one attached hydrogen (secondary N) is 1. The second-order valence-electron chi connectivity index (χ2n) is 6.82. The number of nitrogens with zero attached hydrogens (tertiary/aromatic N) is 1. The van der Waals surface area contributed by atoms with Gasteiger partial charge in [-0.25, -0.2) is 4.98 Å². The van der Waals surface area contributed by atoms with Crippen molar-refractivity contribution in [3.63, 3.8) is 0 Å². The maximum absolute atomic E-state index is 12.1. The lowest BCUT2D eigenvalue weighted by Crippen LogP contribution is -2.07. The Bertz CT molecular complexity index is 1140. The molecule has 28 heavy (non-hydrogen) atoms. The fourth-order valence-corrected chi connectivity index (χ4v) is 2.88. The van der Waals surface area contributed by atoms with E-state index in [0.29, 0.717) is 23.3 Å². The summed E-state index contributed by atoms with van der Waals surface area (Å²) in [6.07, 6.45) is 4.61. The van der Waals surface area contributed by atoms with Crippen LogP contribution in [0, 0.1) is 0 Å². The minimum absolute atomic E-state index is 0.243. The largest absolute Gasteiger partial charge is 0.465 e. The molecule has 0 saturated heterocycles. The van der Waals surface area contributed by atoms with Crippen molar-refractivity contribution in [2.45, 2.75) is 19.8 Å². The molecule has 0 aliphatic rings. The Hall–Kier alpha value is -3.60. The van der Waals surface area contributed by atoms with Gasteiger partial charge in [0.05, 0.1) is 6.26 Å². The van der Waals surface area contributed by atoms with E-state index in [1.54, 1.807) is 24.5 Å². The average Bonchev–Trinajstić information content (AvgIpc) is 3.35. The van der Waals surface area contributed by atoms with Gasteiger partial charge in [0, 0.05) is 17.3 Å². The number of carbonyl (C=O) groups is 1. The number of amides is 1. The van der Waals surface area contributed by atoms with Gasteiger partial charge in [-0.1, -0.05) is 26.0 Å². The van der Waals surface area contributed by atoms with Crippen LogP contribution in [-0.2, 0) is 4.79 Å². The van der Waals surface area contributed by atoms with Gasteiger partial charge in [-0.15, -0.1) is 0 Å². The molecule has 0 unspecified atom stereocenters. The predicted octanol–water partition coefficient (Wildman–Crippen LogP) is 5.86. The van der Waals surface area contributed by atoms with Gasteiger partial charge in [0.25, 0.3) is 0 Å². The Morgan fingerprint density at radius 3 is 2.79 bits per heavy atom. The molecule has 4 aromatic rings. The first-order valence-electron chi connectivity index (χ1n) is 9.12. The second kappa shape index (κ2) is 7.56. The van der Waals surface area contributed by atoms with Crippen LogP contribution < -0.4 is 5.32 Å². The smallest absolute Gasteiger partial charge is 0.248 e. The Morgan fingerprint density at radius 2 is 2.00 bits per heavy atom. The molecule has 5 heteroatoms. The van der Waals surface area contributed by atoms with Crippen LogP contribution in [0.3, 0.4) is 0 Å². The van der Waals surface area contributed by atoms with Crippen LogP contribution in [-0.4, -0.2) is 10.9 Å². The highest BCUT2D eigenvalue weighted by Crippen LogP contribution is 2.28. The molecule has 140 valence electrons. The Kier molecular flexibility index (Phi) is 4.81. The molecule has 0 fully saturated rings. The fraction of sp³-hybridized carbons (Fsp3) is 0.130.